The molecular formula is C13H16FN3O4. The number of halogens is 1. The molecule has 1 rings (SSSR count). The smallest absolute Gasteiger partial charge is 0.335 e. The van der Waals surface area contributed by atoms with E-state index in [1.165, 1.54) is 6.92 Å². The molecule has 1 unspecified atom stereocenters. The Hall–Kier alpha value is -2.64. The molecule has 4 N–H and O–H groups in total. The number of rotatable bonds is 5. The maximum Gasteiger partial charge on any atom is 0.335 e. The molecule has 8 heteroatoms. The van der Waals surface area contributed by atoms with Gasteiger partial charge >= 0.3 is 12.0 Å². The van der Waals surface area contributed by atoms with E-state index in [9.17, 15) is 18.8 Å². The molecule has 0 aliphatic heterocycles. The Morgan fingerprint density at radius 2 is 2.00 bits per heavy atom. The highest BCUT2D eigenvalue weighted by Gasteiger charge is 2.16. The van der Waals surface area contributed by atoms with Crippen molar-refractivity contribution >= 4 is 23.6 Å². The van der Waals surface area contributed by atoms with Gasteiger partial charge in [0.1, 0.15) is 11.9 Å². The van der Waals surface area contributed by atoms with Gasteiger partial charge in [-0.15, -0.1) is 0 Å². The van der Waals surface area contributed by atoms with Crippen molar-refractivity contribution in [3.63, 3.8) is 0 Å². The van der Waals surface area contributed by atoms with E-state index in [1.54, 1.807) is 6.92 Å². The van der Waals surface area contributed by atoms with Crippen LogP contribution in [0.2, 0.25) is 0 Å². The summed E-state index contributed by atoms with van der Waals surface area (Å²) in [7, 11) is 0. The number of likely N-dealkylation sites (N-methyl/N-ethyl adjacent to an activating group) is 1. The first-order valence-corrected chi connectivity index (χ1v) is 6.23. The van der Waals surface area contributed by atoms with E-state index in [1.807, 2.05) is 0 Å². The van der Waals surface area contributed by atoms with Gasteiger partial charge in [-0.1, -0.05) is 0 Å². The van der Waals surface area contributed by atoms with E-state index in [0.717, 1.165) is 18.2 Å². The number of urea groups is 1. The van der Waals surface area contributed by atoms with Crippen molar-refractivity contribution in [3.05, 3.63) is 29.6 Å². The van der Waals surface area contributed by atoms with E-state index in [0.29, 0.717) is 6.54 Å². The highest BCUT2D eigenvalue weighted by Crippen LogP contribution is 2.16. The molecule has 1 aromatic rings. The molecule has 0 saturated carbocycles. The zero-order valence-electron chi connectivity index (χ0n) is 11.6. The topological polar surface area (TPSA) is 108 Å². The molecule has 0 radical (unpaired) electrons. The molecule has 7 nitrogen and oxygen atoms in total. The van der Waals surface area contributed by atoms with Crippen molar-refractivity contribution in [1.82, 2.24) is 10.6 Å². The Labute approximate surface area is 120 Å². The largest absolute Gasteiger partial charge is 0.478 e. The number of amides is 3. The summed E-state index contributed by atoms with van der Waals surface area (Å²) in [6.07, 6.45) is 0. The number of carbonyl (C=O) groups excluding carboxylic acids is 2. The van der Waals surface area contributed by atoms with E-state index in [-0.39, 0.29) is 17.2 Å². The fourth-order valence-corrected chi connectivity index (χ4v) is 1.50. The quantitative estimate of drug-likeness (QED) is 0.654. The monoisotopic (exact) mass is 297 g/mol. The molecule has 21 heavy (non-hydrogen) atoms. The maximum atomic E-state index is 13.5. The first-order valence-electron chi connectivity index (χ1n) is 6.23. The molecule has 0 saturated heterocycles. The lowest BCUT2D eigenvalue weighted by Gasteiger charge is -2.14. The third-order valence-corrected chi connectivity index (χ3v) is 2.55. The molecule has 0 aliphatic rings. The number of aromatic carboxylic acids is 1. The van der Waals surface area contributed by atoms with E-state index < -0.39 is 23.9 Å². The van der Waals surface area contributed by atoms with Crippen LogP contribution in [0.5, 0.6) is 0 Å². The van der Waals surface area contributed by atoms with Crippen molar-refractivity contribution in [2.24, 2.45) is 0 Å². The van der Waals surface area contributed by atoms with Crippen LogP contribution in [0, 0.1) is 5.82 Å². The second-order valence-electron chi connectivity index (χ2n) is 4.21. The summed E-state index contributed by atoms with van der Waals surface area (Å²) in [5.41, 5.74) is -0.445. The minimum Gasteiger partial charge on any atom is -0.478 e. The lowest BCUT2D eigenvalue weighted by Crippen LogP contribution is -2.46. The number of anilines is 1. The van der Waals surface area contributed by atoms with E-state index in [2.05, 4.69) is 16.0 Å². The first kappa shape index (κ1) is 16.4. The Morgan fingerprint density at radius 1 is 1.33 bits per heavy atom. The van der Waals surface area contributed by atoms with Gasteiger partial charge in [-0.3, -0.25) is 4.79 Å². The summed E-state index contributed by atoms with van der Waals surface area (Å²) < 4.78 is 13.5. The SMILES string of the molecule is CCNC(=O)C(C)NC(=O)Nc1cc(C(=O)O)ccc1F. The Morgan fingerprint density at radius 3 is 2.57 bits per heavy atom. The van der Waals surface area contributed by atoms with Crippen molar-refractivity contribution < 1.29 is 23.9 Å². The van der Waals surface area contributed by atoms with Crippen molar-refractivity contribution in [2.75, 3.05) is 11.9 Å². The number of carbonyl (C=O) groups is 3. The molecule has 0 bridgehead atoms. The second kappa shape index (κ2) is 7.22. The van der Waals surface area contributed by atoms with Gasteiger partial charge in [-0.25, -0.2) is 14.0 Å². The van der Waals surface area contributed by atoms with Crippen LogP contribution in [0.3, 0.4) is 0 Å². The number of carboxylic acid groups (broad SMARTS) is 1. The highest BCUT2D eigenvalue weighted by atomic mass is 19.1. The molecular weight excluding hydrogens is 281 g/mol. The minimum atomic E-state index is -1.24. The third-order valence-electron chi connectivity index (χ3n) is 2.55. The number of nitrogens with one attached hydrogen (secondary N) is 3. The van der Waals surface area contributed by atoms with Crippen LogP contribution in [0.4, 0.5) is 14.9 Å². The molecule has 0 aromatic heterocycles. The van der Waals surface area contributed by atoms with Gasteiger partial charge in [0.25, 0.3) is 0 Å². The fourth-order valence-electron chi connectivity index (χ4n) is 1.50. The Balaban J connectivity index is 2.72. The van der Waals surface area contributed by atoms with Gasteiger partial charge in [-0.05, 0) is 32.0 Å². The van der Waals surface area contributed by atoms with E-state index >= 15 is 0 Å². The van der Waals surface area contributed by atoms with Gasteiger partial charge in [0.15, 0.2) is 0 Å². The molecule has 0 spiro atoms. The van der Waals surface area contributed by atoms with Gasteiger partial charge in [0.2, 0.25) is 5.91 Å². The van der Waals surface area contributed by atoms with Gasteiger partial charge in [0.05, 0.1) is 11.3 Å². The van der Waals surface area contributed by atoms with Crippen LogP contribution in [0.25, 0.3) is 0 Å². The molecule has 1 aromatic carbocycles. The van der Waals surface area contributed by atoms with Crippen molar-refractivity contribution in [1.29, 1.82) is 0 Å². The van der Waals surface area contributed by atoms with Gasteiger partial charge in [-0.2, -0.15) is 0 Å². The zero-order chi connectivity index (χ0) is 16.0. The number of hydrogen-bond acceptors (Lipinski definition) is 3. The normalized spacial score (nSPS) is 11.4. The average molecular weight is 297 g/mol. The summed E-state index contributed by atoms with van der Waals surface area (Å²) in [6, 6.07) is 1.39. The van der Waals surface area contributed by atoms with Gasteiger partial charge < -0.3 is 21.1 Å². The van der Waals surface area contributed by atoms with E-state index in [4.69, 9.17) is 5.11 Å². The molecule has 0 heterocycles. The lowest BCUT2D eigenvalue weighted by atomic mass is 10.2. The highest BCUT2D eigenvalue weighted by molar-refractivity contribution is 5.95. The predicted molar refractivity (Wildman–Crippen MR) is 73.7 cm³/mol. The summed E-state index contributed by atoms with van der Waals surface area (Å²) >= 11 is 0. The number of carboxylic acids is 1. The summed E-state index contributed by atoms with van der Waals surface area (Å²) in [4.78, 5) is 33.9. The fraction of sp³-hybridized carbons (Fsp3) is 0.308. The summed E-state index contributed by atoms with van der Waals surface area (Å²) in [6.45, 7) is 3.62. The average Bonchev–Trinajstić information content (AvgIpc) is 2.41. The van der Waals surface area contributed by atoms with Crippen LogP contribution in [-0.4, -0.2) is 35.6 Å². The van der Waals surface area contributed by atoms with Crippen LogP contribution >= 0.6 is 0 Å². The summed E-state index contributed by atoms with van der Waals surface area (Å²) in [5, 5.41) is 15.8. The second-order valence-corrected chi connectivity index (χ2v) is 4.21. The van der Waals surface area contributed by atoms with Crippen LogP contribution < -0.4 is 16.0 Å². The molecule has 3 amide bonds. The van der Waals surface area contributed by atoms with Crippen LogP contribution in [-0.2, 0) is 4.79 Å². The summed E-state index contributed by atoms with van der Waals surface area (Å²) in [5.74, 6) is -2.40. The number of benzene rings is 1. The third kappa shape index (κ3) is 4.75. The predicted octanol–water partition coefficient (Wildman–Crippen LogP) is 1.17. The van der Waals surface area contributed by atoms with Crippen LogP contribution in [0.1, 0.15) is 24.2 Å². The standard InChI is InChI=1S/C13H16FN3O4/c1-3-15-11(18)7(2)16-13(21)17-10-6-8(12(19)20)4-5-9(10)14/h4-7H,3H2,1-2H3,(H,15,18)(H,19,20)(H2,16,17,21). The molecule has 0 aliphatic carbocycles. The minimum absolute atomic E-state index is 0.163. The first-order chi connectivity index (χ1) is 9.85. The van der Waals surface area contributed by atoms with Crippen LogP contribution in [0.15, 0.2) is 18.2 Å². The molecule has 0 fully saturated rings. The van der Waals surface area contributed by atoms with Crippen molar-refractivity contribution in [3.8, 4) is 0 Å². The molecule has 114 valence electrons. The Kier molecular flexibility index (Phi) is 5.65. The number of hydrogen-bond donors (Lipinski definition) is 4. The van der Waals surface area contributed by atoms with Crippen molar-refractivity contribution in [2.45, 2.75) is 19.9 Å². The Bertz CT molecular complexity index is 562. The molecule has 1 atom stereocenters. The lowest BCUT2D eigenvalue weighted by molar-refractivity contribution is -0.122. The zero-order valence-corrected chi connectivity index (χ0v) is 11.6. The maximum absolute atomic E-state index is 13.5. The van der Waals surface area contributed by atoms with Gasteiger partial charge in [0, 0.05) is 6.54 Å².